The molecule has 1 unspecified atom stereocenters. The van der Waals surface area contributed by atoms with Crippen LogP contribution in [-0.2, 0) is 24.9 Å². The van der Waals surface area contributed by atoms with Gasteiger partial charge in [0.15, 0.2) is 5.82 Å². The number of hydrogen-bond acceptors (Lipinski definition) is 6. The van der Waals surface area contributed by atoms with Crippen molar-refractivity contribution in [2.45, 2.75) is 31.2 Å². The van der Waals surface area contributed by atoms with Crippen molar-refractivity contribution in [1.82, 2.24) is 29.5 Å². The predicted octanol–water partition coefficient (Wildman–Crippen LogP) is 4.55. The molecule has 0 aliphatic carbocycles. The largest absolute Gasteiger partial charge is 0.573 e. The fourth-order valence-electron chi connectivity index (χ4n) is 3.47. The molecule has 8 nitrogen and oxygen atoms in total. The second kappa shape index (κ2) is 10.0. The number of alkyl halides is 6. The number of aromatic nitrogens is 6. The normalized spacial score (nSPS) is 14.1. The molecule has 2 heterocycles. The van der Waals surface area contributed by atoms with Gasteiger partial charge in [0.2, 0.25) is 0 Å². The molecule has 4 rings (SSSR count). The zero-order chi connectivity index (χ0) is 26.7. The van der Waals surface area contributed by atoms with Crippen molar-refractivity contribution in [3.63, 3.8) is 0 Å². The van der Waals surface area contributed by atoms with E-state index in [1.54, 1.807) is 0 Å². The molecule has 0 radical (unpaired) electrons. The molecule has 37 heavy (non-hydrogen) atoms. The monoisotopic (exact) mass is 524 g/mol. The molecular weight excluding hydrogens is 506 g/mol. The van der Waals surface area contributed by atoms with Gasteiger partial charge >= 0.3 is 12.5 Å². The van der Waals surface area contributed by atoms with E-state index in [-0.39, 0.29) is 24.5 Å². The summed E-state index contributed by atoms with van der Waals surface area (Å²) in [6.07, 6.45) is -2.31. The number of aliphatic hydroxyl groups is 1. The van der Waals surface area contributed by atoms with Crippen LogP contribution in [0.1, 0.15) is 22.5 Å². The molecule has 14 heteroatoms. The van der Waals surface area contributed by atoms with Gasteiger partial charge in [0.05, 0.1) is 18.7 Å². The Morgan fingerprint density at radius 3 is 2.05 bits per heavy atom. The number of hydrogen-bond donors (Lipinski definition) is 1. The molecule has 0 aliphatic heterocycles. The lowest BCUT2D eigenvalue weighted by atomic mass is 9.93. The number of rotatable bonds is 8. The second-order valence-corrected chi connectivity index (χ2v) is 7.95. The van der Waals surface area contributed by atoms with E-state index in [2.05, 4.69) is 24.9 Å². The summed E-state index contributed by atoms with van der Waals surface area (Å²) in [5, 5.41) is 19.7. The second-order valence-electron chi connectivity index (χ2n) is 7.95. The smallest absolute Gasteiger partial charge is 0.406 e. The summed E-state index contributed by atoms with van der Waals surface area (Å²) in [5.74, 6) is -0.229. The average molecular weight is 524 g/mol. The van der Waals surface area contributed by atoms with Gasteiger partial charge in [-0.15, -0.1) is 13.2 Å². The summed E-state index contributed by atoms with van der Waals surface area (Å²) in [7, 11) is 0. The van der Waals surface area contributed by atoms with Crippen molar-refractivity contribution in [3.05, 3.63) is 90.0 Å². The van der Waals surface area contributed by atoms with Gasteiger partial charge in [0.1, 0.15) is 30.3 Å². The maximum absolute atomic E-state index is 12.7. The van der Waals surface area contributed by atoms with E-state index in [9.17, 15) is 31.4 Å². The van der Waals surface area contributed by atoms with Crippen LogP contribution in [0.25, 0.3) is 12.2 Å². The molecule has 0 bridgehead atoms. The van der Waals surface area contributed by atoms with Crippen molar-refractivity contribution in [3.8, 4) is 5.75 Å². The van der Waals surface area contributed by atoms with Crippen molar-refractivity contribution >= 4 is 12.2 Å². The van der Waals surface area contributed by atoms with Crippen molar-refractivity contribution in [2.24, 2.45) is 0 Å². The molecule has 194 valence electrons. The SMILES string of the molecule is OC(Cn1cncn1)(Cn1cnc(C=Cc2ccc(C(F)(F)F)cc2)n1)c1ccc(OC(F)(F)F)cc1. The Balaban J connectivity index is 1.52. The van der Waals surface area contributed by atoms with E-state index in [4.69, 9.17) is 0 Å². The number of ether oxygens (including phenoxy) is 1. The first-order valence-electron chi connectivity index (χ1n) is 10.6. The summed E-state index contributed by atoms with van der Waals surface area (Å²) in [5.41, 5.74) is -1.70. The number of halogens is 6. The molecule has 2 aromatic heterocycles. The molecule has 0 saturated heterocycles. The molecule has 4 aromatic rings. The third-order valence-corrected chi connectivity index (χ3v) is 5.16. The Bertz CT molecular complexity index is 1330. The van der Waals surface area contributed by atoms with Gasteiger partial charge in [-0.1, -0.05) is 30.3 Å². The minimum atomic E-state index is -4.86. The van der Waals surface area contributed by atoms with Gasteiger partial charge in [0, 0.05) is 0 Å². The van der Waals surface area contributed by atoms with E-state index < -0.39 is 29.5 Å². The minimum Gasteiger partial charge on any atom is -0.406 e. The standard InChI is InChI=1S/C23H18F6N6O2/c24-22(25,26)18-4-1-16(2-5-18)3-10-20-31-15-35(33-20)12-21(36,11-34-14-30-13-32-34)17-6-8-19(9-7-17)37-23(27,28)29/h1-10,13-15,36H,11-12H2. The number of benzene rings is 2. The van der Waals surface area contributed by atoms with Crippen LogP contribution in [0.5, 0.6) is 5.75 Å². The topological polar surface area (TPSA) is 90.9 Å². The Morgan fingerprint density at radius 1 is 0.811 bits per heavy atom. The molecular formula is C23H18F6N6O2. The fraction of sp³-hybridized carbons (Fsp3) is 0.217. The predicted molar refractivity (Wildman–Crippen MR) is 117 cm³/mol. The third kappa shape index (κ3) is 6.94. The molecule has 2 aromatic carbocycles. The molecule has 0 aliphatic rings. The van der Waals surface area contributed by atoms with Crippen molar-refractivity contribution in [2.75, 3.05) is 0 Å². The highest BCUT2D eigenvalue weighted by molar-refractivity contribution is 5.66. The van der Waals surface area contributed by atoms with E-state index in [0.29, 0.717) is 5.56 Å². The van der Waals surface area contributed by atoms with Crippen molar-refractivity contribution < 1.29 is 36.2 Å². The van der Waals surface area contributed by atoms with Crippen LogP contribution < -0.4 is 4.74 Å². The molecule has 1 N–H and O–H groups in total. The molecule has 0 spiro atoms. The van der Waals surface area contributed by atoms with Crippen LogP contribution in [-0.4, -0.2) is 41.0 Å². The fourth-order valence-corrected chi connectivity index (χ4v) is 3.47. The quantitative estimate of drug-likeness (QED) is 0.341. The zero-order valence-electron chi connectivity index (χ0n) is 18.7. The Morgan fingerprint density at radius 2 is 1.46 bits per heavy atom. The van der Waals surface area contributed by atoms with Gasteiger partial charge in [-0.25, -0.2) is 19.3 Å². The average Bonchev–Trinajstić information content (AvgIpc) is 3.48. The summed E-state index contributed by atoms with van der Waals surface area (Å²) >= 11 is 0. The lowest BCUT2D eigenvalue weighted by molar-refractivity contribution is -0.274. The highest BCUT2D eigenvalue weighted by Crippen LogP contribution is 2.30. The Kier molecular flexibility index (Phi) is 7.03. The lowest BCUT2D eigenvalue weighted by Crippen LogP contribution is -2.36. The maximum Gasteiger partial charge on any atom is 0.573 e. The van der Waals surface area contributed by atoms with Gasteiger partial charge in [-0.2, -0.15) is 23.4 Å². The van der Waals surface area contributed by atoms with Crippen LogP contribution >= 0.6 is 0 Å². The first-order chi connectivity index (χ1) is 17.4. The van der Waals surface area contributed by atoms with E-state index in [1.807, 2.05) is 0 Å². The maximum atomic E-state index is 12.7. The first kappa shape index (κ1) is 25.9. The van der Waals surface area contributed by atoms with Crippen LogP contribution in [0, 0.1) is 0 Å². The van der Waals surface area contributed by atoms with Crippen molar-refractivity contribution in [1.29, 1.82) is 0 Å². The molecule has 0 saturated carbocycles. The molecule has 0 amide bonds. The summed E-state index contributed by atoms with van der Waals surface area (Å²) in [6, 6.07) is 9.27. The van der Waals surface area contributed by atoms with Crippen LogP contribution in [0.2, 0.25) is 0 Å². The third-order valence-electron chi connectivity index (χ3n) is 5.16. The highest BCUT2D eigenvalue weighted by Gasteiger charge is 2.34. The minimum absolute atomic E-state index is 0.108. The van der Waals surface area contributed by atoms with Crippen LogP contribution in [0.3, 0.4) is 0 Å². The van der Waals surface area contributed by atoms with Crippen LogP contribution in [0.4, 0.5) is 26.3 Å². The van der Waals surface area contributed by atoms with Gasteiger partial charge in [0.25, 0.3) is 0 Å². The molecule has 0 fully saturated rings. The summed E-state index contributed by atoms with van der Waals surface area (Å²) in [4.78, 5) is 7.94. The lowest BCUT2D eigenvalue weighted by Gasteiger charge is -2.28. The Hall–Kier alpha value is -4.20. The van der Waals surface area contributed by atoms with Gasteiger partial charge in [-0.05, 0) is 41.5 Å². The van der Waals surface area contributed by atoms with Gasteiger partial charge in [-0.3, -0.25) is 0 Å². The zero-order valence-corrected chi connectivity index (χ0v) is 18.7. The molecule has 1 atom stereocenters. The van der Waals surface area contributed by atoms with Crippen LogP contribution in [0.15, 0.2) is 67.5 Å². The summed E-state index contributed by atoms with van der Waals surface area (Å²) < 4.78 is 82.2. The Labute approximate surface area is 205 Å². The van der Waals surface area contributed by atoms with E-state index in [0.717, 1.165) is 24.3 Å². The number of nitrogens with zero attached hydrogens (tertiary/aromatic N) is 6. The van der Waals surface area contributed by atoms with E-state index in [1.165, 1.54) is 64.8 Å². The highest BCUT2D eigenvalue weighted by atomic mass is 19.4. The van der Waals surface area contributed by atoms with Gasteiger partial charge < -0.3 is 9.84 Å². The summed E-state index contributed by atoms with van der Waals surface area (Å²) in [6.45, 7) is -0.267. The van der Waals surface area contributed by atoms with E-state index >= 15 is 0 Å². The first-order valence-corrected chi connectivity index (χ1v) is 10.6.